The first-order valence-corrected chi connectivity index (χ1v) is 6.66. The van der Waals surface area contributed by atoms with Crippen LogP contribution in [0.3, 0.4) is 0 Å². The van der Waals surface area contributed by atoms with Crippen molar-refractivity contribution >= 4 is 11.9 Å². The molecule has 0 radical (unpaired) electrons. The van der Waals surface area contributed by atoms with Gasteiger partial charge in [0.15, 0.2) is 0 Å². The summed E-state index contributed by atoms with van der Waals surface area (Å²) in [5.74, 6) is -0.717. The molecule has 18 heavy (non-hydrogen) atoms. The molecule has 0 aromatic carbocycles. The zero-order valence-corrected chi connectivity index (χ0v) is 11.2. The largest absolute Gasteiger partial charge is 0.481 e. The molecule has 1 aliphatic carbocycles. The van der Waals surface area contributed by atoms with Crippen molar-refractivity contribution < 1.29 is 14.7 Å². The number of nitrogens with two attached hydrogens (primary N) is 1. The Bertz CT molecular complexity index is 315. The maximum atomic E-state index is 11.9. The Balaban J connectivity index is 2.56. The minimum atomic E-state index is -0.823. The molecule has 0 bridgehead atoms. The Morgan fingerprint density at radius 2 is 2.22 bits per heavy atom. The van der Waals surface area contributed by atoms with Crippen molar-refractivity contribution in [1.82, 2.24) is 5.32 Å². The van der Waals surface area contributed by atoms with Gasteiger partial charge in [-0.25, -0.2) is 0 Å². The summed E-state index contributed by atoms with van der Waals surface area (Å²) in [7, 11) is 0. The number of amides is 1. The van der Waals surface area contributed by atoms with Gasteiger partial charge in [0.1, 0.15) is 0 Å². The lowest BCUT2D eigenvalue weighted by atomic mass is 9.84. The number of aliphatic carboxylic acids is 1. The normalized spacial score (nSPS) is 28.9. The number of carbonyl (C=O) groups excluding carboxylic acids is 1. The quantitative estimate of drug-likeness (QED) is 0.664. The van der Waals surface area contributed by atoms with Gasteiger partial charge in [-0.2, -0.15) is 0 Å². The maximum absolute atomic E-state index is 11.9. The molecule has 1 aliphatic rings. The van der Waals surface area contributed by atoms with E-state index in [-0.39, 0.29) is 17.9 Å². The zero-order valence-electron chi connectivity index (χ0n) is 11.2. The molecule has 0 saturated heterocycles. The van der Waals surface area contributed by atoms with Gasteiger partial charge in [0, 0.05) is 12.5 Å². The van der Waals surface area contributed by atoms with Gasteiger partial charge in [0.25, 0.3) is 0 Å². The van der Waals surface area contributed by atoms with Gasteiger partial charge in [0.2, 0.25) is 5.91 Å². The smallest absolute Gasteiger partial charge is 0.311 e. The maximum Gasteiger partial charge on any atom is 0.311 e. The fourth-order valence-corrected chi connectivity index (χ4v) is 2.56. The molecular weight excluding hydrogens is 232 g/mol. The van der Waals surface area contributed by atoms with Gasteiger partial charge >= 0.3 is 5.97 Å². The van der Waals surface area contributed by atoms with Crippen LogP contribution in [0.1, 0.15) is 46.0 Å². The summed E-state index contributed by atoms with van der Waals surface area (Å²) in [6, 6.07) is -0.252. The summed E-state index contributed by atoms with van der Waals surface area (Å²) in [6.45, 7) is 4.21. The van der Waals surface area contributed by atoms with E-state index in [9.17, 15) is 14.7 Å². The topological polar surface area (TPSA) is 92.4 Å². The number of nitrogens with one attached hydrogen (secondary N) is 1. The summed E-state index contributed by atoms with van der Waals surface area (Å²) in [4.78, 5) is 23.2. The number of carboxylic acids is 1. The second kappa shape index (κ2) is 6.18. The van der Waals surface area contributed by atoms with Crippen LogP contribution in [-0.2, 0) is 9.59 Å². The molecule has 0 aromatic rings. The molecule has 5 nitrogen and oxygen atoms in total. The van der Waals surface area contributed by atoms with E-state index in [0.717, 1.165) is 19.3 Å². The number of carboxylic acid groups (broad SMARTS) is 1. The standard InChI is InChI=1S/C13H24N2O3/c1-3-9(8-14)7-11(16)15-10-5-4-6-13(10,2)12(17)18/h9-10H,3-8,14H2,1-2H3,(H,15,16)(H,17,18). The van der Waals surface area contributed by atoms with Crippen molar-refractivity contribution in [3.05, 3.63) is 0 Å². The highest BCUT2D eigenvalue weighted by molar-refractivity contribution is 5.80. The highest BCUT2D eigenvalue weighted by Crippen LogP contribution is 2.38. The molecule has 3 unspecified atom stereocenters. The van der Waals surface area contributed by atoms with Crippen LogP contribution in [0.15, 0.2) is 0 Å². The van der Waals surface area contributed by atoms with Crippen molar-refractivity contribution in [3.63, 3.8) is 0 Å². The van der Waals surface area contributed by atoms with Crippen LogP contribution in [0.4, 0.5) is 0 Å². The molecule has 4 N–H and O–H groups in total. The molecule has 1 rings (SSSR count). The van der Waals surface area contributed by atoms with Crippen LogP contribution in [-0.4, -0.2) is 29.6 Å². The second-order valence-electron chi connectivity index (χ2n) is 5.45. The van der Waals surface area contributed by atoms with Gasteiger partial charge in [-0.15, -0.1) is 0 Å². The number of rotatable bonds is 6. The SMILES string of the molecule is CCC(CN)CC(=O)NC1CCCC1(C)C(=O)O. The van der Waals surface area contributed by atoms with E-state index in [1.165, 1.54) is 0 Å². The van der Waals surface area contributed by atoms with Gasteiger partial charge in [0.05, 0.1) is 5.41 Å². The first-order chi connectivity index (χ1) is 8.43. The van der Waals surface area contributed by atoms with Crippen molar-refractivity contribution in [2.24, 2.45) is 17.1 Å². The molecule has 1 amide bonds. The average molecular weight is 256 g/mol. The molecule has 3 atom stereocenters. The third-order valence-corrected chi connectivity index (χ3v) is 4.17. The predicted octanol–water partition coefficient (Wildman–Crippen LogP) is 1.12. The lowest BCUT2D eigenvalue weighted by Gasteiger charge is -2.28. The van der Waals surface area contributed by atoms with Crippen LogP contribution in [0.25, 0.3) is 0 Å². The van der Waals surface area contributed by atoms with Gasteiger partial charge in [-0.1, -0.05) is 19.8 Å². The minimum absolute atomic E-state index is 0.0772. The van der Waals surface area contributed by atoms with E-state index in [0.29, 0.717) is 19.4 Å². The Morgan fingerprint density at radius 3 is 2.72 bits per heavy atom. The predicted molar refractivity (Wildman–Crippen MR) is 69.0 cm³/mol. The van der Waals surface area contributed by atoms with Crippen molar-refractivity contribution in [2.45, 2.75) is 52.0 Å². The van der Waals surface area contributed by atoms with E-state index in [2.05, 4.69) is 5.32 Å². The van der Waals surface area contributed by atoms with Crippen molar-refractivity contribution in [1.29, 1.82) is 0 Å². The third-order valence-electron chi connectivity index (χ3n) is 4.17. The fourth-order valence-electron chi connectivity index (χ4n) is 2.56. The zero-order chi connectivity index (χ0) is 13.8. The third kappa shape index (κ3) is 3.22. The van der Waals surface area contributed by atoms with Crippen molar-refractivity contribution in [3.8, 4) is 0 Å². The Hall–Kier alpha value is -1.10. The van der Waals surface area contributed by atoms with Crippen LogP contribution in [0.2, 0.25) is 0 Å². The molecule has 1 fully saturated rings. The monoisotopic (exact) mass is 256 g/mol. The first-order valence-electron chi connectivity index (χ1n) is 6.66. The first kappa shape index (κ1) is 15.0. The summed E-state index contributed by atoms with van der Waals surface area (Å²) in [5, 5.41) is 12.1. The second-order valence-corrected chi connectivity index (χ2v) is 5.45. The number of carbonyl (C=O) groups is 2. The summed E-state index contributed by atoms with van der Waals surface area (Å²) < 4.78 is 0. The van der Waals surface area contributed by atoms with E-state index in [1.807, 2.05) is 6.92 Å². The Labute approximate surface area is 108 Å². The molecule has 5 heteroatoms. The summed E-state index contributed by atoms with van der Waals surface area (Å²) in [5.41, 5.74) is 4.75. The molecule has 0 aromatic heterocycles. The summed E-state index contributed by atoms with van der Waals surface area (Å²) in [6.07, 6.45) is 3.47. The number of hydrogen-bond acceptors (Lipinski definition) is 3. The average Bonchev–Trinajstić information content (AvgIpc) is 2.69. The Kier molecular flexibility index (Phi) is 5.14. The van der Waals surface area contributed by atoms with Crippen LogP contribution in [0, 0.1) is 11.3 Å². The van der Waals surface area contributed by atoms with E-state index < -0.39 is 11.4 Å². The van der Waals surface area contributed by atoms with E-state index >= 15 is 0 Å². The molecule has 0 aliphatic heterocycles. The number of hydrogen-bond donors (Lipinski definition) is 3. The van der Waals surface area contributed by atoms with Gasteiger partial charge in [-0.05, 0) is 32.2 Å². The molecule has 0 heterocycles. The van der Waals surface area contributed by atoms with Crippen LogP contribution >= 0.6 is 0 Å². The lowest BCUT2D eigenvalue weighted by molar-refractivity contribution is -0.149. The molecular formula is C13H24N2O3. The van der Waals surface area contributed by atoms with Gasteiger partial charge in [-0.3, -0.25) is 9.59 Å². The Morgan fingerprint density at radius 1 is 1.56 bits per heavy atom. The fraction of sp³-hybridized carbons (Fsp3) is 0.846. The van der Waals surface area contributed by atoms with Crippen LogP contribution < -0.4 is 11.1 Å². The molecule has 104 valence electrons. The summed E-state index contributed by atoms with van der Waals surface area (Å²) >= 11 is 0. The lowest BCUT2D eigenvalue weighted by Crippen LogP contribution is -2.47. The molecule has 1 saturated carbocycles. The van der Waals surface area contributed by atoms with Crippen molar-refractivity contribution in [2.75, 3.05) is 6.54 Å². The molecule has 0 spiro atoms. The highest BCUT2D eigenvalue weighted by Gasteiger charge is 2.45. The van der Waals surface area contributed by atoms with E-state index in [4.69, 9.17) is 5.73 Å². The van der Waals surface area contributed by atoms with E-state index in [1.54, 1.807) is 6.92 Å². The van der Waals surface area contributed by atoms with Gasteiger partial charge < -0.3 is 16.2 Å². The highest BCUT2D eigenvalue weighted by atomic mass is 16.4. The minimum Gasteiger partial charge on any atom is -0.481 e. The van der Waals surface area contributed by atoms with Crippen LogP contribution in [0.5, 0.6) is 0 Å².